The fraction of sp³-hybridized carbons (Fsp3) is 0.278. The second-order valence-electron chi connectivity index (χ2n) is 6.36. The molecule has 2 rings (SSSR count). The lowest BCUT2D eigenvalue weighted by Gasteiger charge is -2.19. The van der Waals surface area contributed by atoms with Gasteiger partial charge in [-0.15, -0.1) is 0 Å². The average Bonchev–Trinajstić information content (AvgIpc) is 2.53. The van der Waals surface area contributed by atoms with Gasteiger partial charge in [0.1, 0.15) is 0 Å². The standard InChI is InChI=1S/C18H20N2O4/c1-18(2,3)13-7-9-14(10-8-13)19-16(21)12-24-17(22)15-6-4-5-11-20(15)23/h4-11H,12H2,1-3H3,(H,19,21). The van der Waals surface area contributed by atoms with E-state index >= 15 is 0 Å². The van der Waals surface area contributed by atoms with E-state index in [0.29, 0.717) is 10.4 Å². The minimum absolute atomic E-state index is 0.0292. The molecule has 1 aromatic carbocycles. The summed E-state index contributed by atoms with van der Waals surface area (Å²) in [4.78, 5) is 23.6. The predicted octanol–water partition coefficient (Wildman–Crippen LogP) is 2.41. The quantitative estimate of drug-likeness (QED) is 0.531. The summed E-state index contributed by atoms with van der Waals surface area (Å²) in [6.45, 7) is 5.85. The van der Waals surface area contributed by atoms with Crippen LogP contribution in [0.1, 0.15) is 36.8 Å². The lowest BCUT2D eigenvalue weighted by molar-refractivity contribution is -0.608. The maximum atomic E-state index is 11.8. The summed E-state index contributed by atoms with van der Waals surface area (Å²) < 4.78 is 5.24. The number of pyridine rings is 1. The molecule has 0 spiro atoms. The second kappa shape index (κ2) is 7.12. The SMILES string of the molecule is CC(C)(C)c1ccc(NC(=O)COC(=O)c2cccc[n+]2[O-])cc1. The molecule has 1 amide bonds. The maximum Gasteiger partial charge on any atom is 0.405 e. The molecule has 0 unspecified atom stereocenters. The molecule has 1 heterocycles. The van der Waals surface area contributed by atoms with Crippen molar-refractivity contribution >= 4 is 17.6 Å². The van der Waals surface area contributed by atoms with E-state index in [1.54, 1.807) is 18.2 Å². The van der Waals surface area contributed by atoms with E-state index in [9.17, 15) is 14.8 Å². The van der Waals surface area contributed by atoms with E-state index < -0.39 is 18.5 Å². The van der Waals surface area contributed by atoms with Crippen LogP contribution in [-0.2, 0) is 14.9 Å². The summed E-state index contributed by atoms with van der Waals surface area (Å²) in [5.74, 6) is -1.32. The average molecular weight is 328 g/mol. The summed E-state index contributed by atoms with van der Waals surface area (Å²) >= 11 is 0. The predicted molar refractivity (Wildman–Crippen MR) is 89.5 cm³/mol. The van der Waals surface area contributed by atoms with Gasteiger partial charge in [-0.05, 0) is 29.2 Å². The van der Waals surface area contributed by atoms with Gasteiger partial charge in [0.05, 0.1) is 0 Å². The van der Waals surface area contributed by atoms with Crippen LogP contribution in [-0.4, -0.2) is 18.5 Å². The maximum absolute atomic E-state index is 11.8. The van der Waals surface area contributed by atoms with Crippen LogP contribution in [0.4, 0.5) is 5.69 Å². The lowest BCUT2D eigenvalue weighted by Crippen LogP contribution is -2.35. The second-order valence-corrected chi connectivity index (χ2v) is 6.36. The molecule has 2 aromatic rings. The number of carbonyl (C=O) groups is 2. The highest BCUT2D eigenvalue weighted by Crippen LogP contribution is 2.23. The van der Waals surface area contributed by atoms with E-state index in [4.69, 9.17) is 4.74 Å². The summed E-state index contributed by atoms with van der Waals surface area (Å²) in [7, 11) is 0. The summed E-state index contributed by atoms with van der Waals surface area (Å²) in [5.41, 5.74) is 1.63. The molecular formula is C18H20N2O4. The number of anilines is 1. The van der Waals surface area contributed by atoms with Crippen molar-refractivity contribution in [2.75, 3.05) is 11.9 Å². The smallest absolute Gasteiger partial charge is 0.405 e. The number of nitrogens with zero attached hydrogens (tertiary/aromatic N) is 1. The zero-order chi connectivity index (χ0) is 17.7. The monoisotopic (exact) mass is 328 g/mol. The Kier molecular flexibility index (Phi) is 5.18. The van der Waals surface area contributed by atoms with Gasteiger partial charge in [0.15, 0.2) is 12.8 Å². The van der Waals surface area contributed by atoms with Crippen LogP contribution < -0.4 is 10.0 Å². The van der Waals surface area contributed by atoms with Crippen LogP contribution >= 0.6 is 0 Å². The van der Waals surface area contributed by atoms with E-state index in [1.807, 2.05) is 12.1 Å². The van der Waals surface area contributed by atoms with Crippen LogP contribution in [0.2, 0.25) is 0 Å². The number of ether oxygens (including phenoxy) is 1. The van der Waals surface area contributed by atoms with Crippen molar-refractivity contribution in [3.8, 4) is 0 Å². The highest BCUT2D eigenvalue weighted by molar-refractivity contribution is 5.94. The van der Waals surface area contributed by atoms with Crippen LogP contribution in [0.25, 0.3) is 0 Å². The van der Waals surface area contributed by atoms with E-state index in [-0.39, 0.29) is 11.1 Å². The van der Waals surface area contributed by atoms with Crippen molar-refractivity contribution in [2.45, 2.75) is 26.2 Å². The molecule has 0 atom stereocenters. The first kappa shape index (κ1) is 17.5. The lowest BCUT2D eigenvalue weighted by atomic mass is 9.87. The van der Waals surface area contributed by atoms with Crippen molar-refractivity contribution < 1.29 is 19.1 Å². The first-order valence-corrected chi connectivity index (χ1v) is 7.53. The minimum atomic E-state index is -0.844. The summed E-state index contributed by atoms with van der Waals surface area (Å²) in [6, 6.07) is 11.8. The molecule has 6 heteroatoms. The number of amides is 1. The normalized spacial score (nSPS) is 11.0. The van der Waals surface area contributed by atoms with Crippen molar-refractivity contribution in [2.24, 2.45) is 0 Å². The number of aromatic nitrogens is 1. The van der Waals surface area contributed by atoms with Gasteiger partial charge in [-0.2, -0.15) is 4.73 Å². The van der Waals surface area contributed by atoms with Crippen LogP contribution in [0.5, 0.6) is 0 Å². The highest BCUT2D eigenvalue weighted by Gasteiger charge is 2.18. The van der Waals surface area contributed by atoms with Crippen LogP contribution in [0.15, 0.2) is 48.7 Å². The molecule has 0 saturated carbocycles. The molecule has 24 heavy (non-hydrogen) atoms. The van der Waals surface area contributed by atoms with Crippen molar-refractivity contribution in [3.05, 3.63) is 65.1 Å². The van der Waals surface area contributed by atoms with Crippen molar-refractivity contribution in [1.29, 1.82) is 0 Å². The number of benzene rings is 1. The van der Waals surface area contributed by atoms with Gasteiger partial charge in [-0.3, -0.25) is 4.79 Å². The molecule has 126 valence electrons. The Morgan fingerprint density at radius 2 is 1.79 bits per heavy atom. The zero-order valence-electron chi connectivity index (χ0n) is 13.9. The molecule has 0 aliphatic carbocycles. The third kappa shape index (κ3) is 4.55. The van der Waals surface area contributed by atoms with Gasteiger partial charge in [0, 0.05) is 17.8 Å². The minimum Gasteiger partial charge on any atom is -0.618 e. The van der Waals surface area contributed by atoms with Gasteiger partial charge in [0.2, 0.25) is 0 Å². The Hall–Kier alpha value is -2.89. The fourth-order valence-electron chi connectivity index (χ4n) is 2.04. The first-order chi connectivity index (χ1) is 11.3. The number of hydrogen-bond acceptors (Lipinski definition) is 4. The van der Waals surface area contributed by atoms with Gasteiger partial charge in [-0.25, -0.2) is 4.79 Å². The summed E-state index contributed by atoms with van der Waals surface area (Å²) in [5, 5.41) is 14.1. The Balaban J connectivity index is 1.90. The molecule has 6 nitrogen and oxygen atoms in total. The molecule has 0 radical (unpaired) electrons. The van der Waals surface area contributed by atoms with Gasteiger partial charge >= 0.3 is 11.7 Å². The molecule has 1 N–H and O–H groups in total. The molecule has 0 saturated heterocycles. The number of hydrogen-bond donors (Lipinski definition) is 1. The van der Waals surface area contributed by atoms with Crippen LogP contribution in [0.3, 0.4) is 0 Å². The Morgan fingerprint density at radius 3 is 2.38 bits per heavy atom. The zero-order valence-corrected chi connectivity index (χ0v) is 13.9. The third-order valence-corrected chi connectivity index (χ3v) is 3.40. The van der Waals surface area contributed by atoms with E-state index in [0.717, 1.165) is 5.56 Å². The van der Waals surface area contributed by atoms with Gasteiger partial charge in [-0.1, -0.05) is 32.9 Å². The van der Waals surface area contributed by atoms with Gasteiger partial charge < -0.3 is 15.3 Å². The van der Waals surface area contributed by atoms with Crippen LogP contribution in [0, 0.1) is 5.21 Å². The molecule has 0 aliphatic heterocycles. The van der Waals surface area contributed by atoms with Gasteiger partial charge in [0.25, 0.3) is 5.91 Å². The van der Waals surface area contributed by atoms with E-state index in [1.165, 1.54) is 18.3 Å². The Bertz CT molecular complexity index is 733. The highest BCUT2D eigenvalue weighted by atomic mass is 16.5. The Morgan fingerprint density at radius 1 is 1.12 bits per heavy atom. The fourth-order valence-corrected chi connectivity index (χ4v) is 2.04. The molecule has 0 bridgehead atoms. The number of rotatable bonds is 4. The van der Waals surface area contributed by atoms with E-state index in [2.05, 4.69) is 26.1 Å². The summed E-state index contributed by atoms with van der Waals surface area (Å²) in [6.07, 6.45) is 1.19. The number of carbonyl (C=O) groups excluding carboxylic acids is 2. The molecule has 0 fully saturated rings. The first-order valence-electron chi connectivity index (χ1n) is 7.53. The third-order valence-electron chi connectivity index (χ3n) is 3.40. The van der Waals surface area contributed by atoms with Crippen molar-refractivity contribution in [1.82, 2.24) is 0 Å². The number of nitrogens with one attached hydrogen (secondary N) is 1. The molecular weight excluding hydrogens is 308 g/mol. The Labute approximate surface area is 140 Å². The largest absolute Gasteiger partial charge is 0.618 e. The topological polar surface area (TPSA) is 82.3 Å². The number of esters is 1. The molecule has 0 aliphatic rings. The molecule has 1 aromatic heterocycles. The van der Waals surface area contributed by atoms with Crippen molar-refractivity contribution in [3.63, 3.8) is 0 Å².